The van der Waals surface area contributed by atoms with E-state index in [1.165, 1.54) is 13.2 Å². The normalized spacial score (nSPS) is 10.8. The second-order valence-corrected chi connectivity index (χ2v) is 2.86. The van der Waals surface area contributed by atoms with E-state index in [-0.39, 0.29) is 11.9 Å². The first-order chi connectivity index (χ1) is 7.20. The molecule has 0 heterocycles. The Morgan fingerprint density at radius 1 is 1.33 bits per heavy atom. The molecule has 4 nitrogen and oxygen atoms in total. The monoisotopic (exact) mass is 211 g/mol. The van der Waals surface area contributed by atoms with Crippen molar-refractivity contribution >= 4 is 11.9 Å². The Morgan fingerprint density at radius 2 is 2.07 bits per heavy atom. The summed E-state index contributed by atoms with van der Waals surface area (Å²) < 4.78 is 4.46. The highest BCUT2D eigenvalue weighted by Gasteiger charge is 1.99. The third-order valence-electron chi connectivity index (χ3n) is 1.64. The van der Waals surface area contributed by atoms with Crippen molar-refractivity contribution in [2.45, 2.75) is 19.8 Å². The van der Waals surface area contributed by atoms with Gasteiger partial charge in [-0.15, -0.1) is 0 Å². The third-order valence-corrected chi connectivity index (χ3v) is 1.64. The van der Waals surface area contributed by atoms with E-state index in [0.717, 1.165) is 0 Å². The molecule has 0 spiro atoms. The van der Waals surface area contributed by atoms with Gasteiger partial charge in [-0.05, 0) is 13.3 Å². The Hall–Kier alpha value is -1.58. The molecule has 0 bridgehead atoms. The maximum Gasteiger partial charge on any atom is 0.305 e. The van der Waals surface area contributed by atoms with Gasteiger partial charge < -0.3 is 10.1 Å². The largest absolute Gasteiger partial charge is 0.469 e. The van der Waals surface area contributed by atoms with Crippen LogP contribution in [0.15, 0.2) is 24.3 Å². The molecule has 0 radical (unpaired) electrons. The number of hydrogen-bond acceptors (Lipinski definition) is 3. The summed E-state index contributed by atoms with van der Waals surface area (Å²) in [6, 6.07) is 0. The average molecular weight is 211 g/mol. The molecule has 0 saturated heterocycles. The van der Waals surface area contributed by atoms with Gasteiger partial charge in [0.25, 0.3) is 0 Å². The van der Waals surface area contributed by atoms with Crippen molar-refractivity contribution < 1.29 is 14.3 Å². The van der Waals surface area contributed by atoms with Crippen molar-refractivity contribution in [2.24, 2.45) is 0 Å². The van der Waals surface area contributed by atoms with Crippen LogP contribution in [0.3, 0.4) is 0 Å². The number of esters is 1. The van der Waals surface area contributed by atoms with Gasteiger partial charge in [0.05, 0.1) is 7.11 Å². The topological polar surface area (TPSA) is 55.4 Å². The number of rotatable bonds is 6. The first kappa shape index (κ1) is 13.4. The molecule has 84 valence electrons. The summed E-state index contributed by atoms with van der Waals surface area (Å²) in [4.78, 5) is 21.8. The van der Waals surface area contributed by atoms with Gasteiger partial charge in [-0.2, -0.15) is 0 Å². The summed E-state index contributed by atoms with van der Waals surface area (Å²) in [5.41, 5.74) is 0. The minimum Gasteiger partial charge on any atom is -0.469 e. The number of nitrogens with one attached hydrogen (secondary N) is 1. The third kappa shape index (κ3) is 8.74. The number of carbonyl (C=O) groups is 2. The molecule has 0 fully saturated rings. The van der Waals surface area contributed by atoms with Gasteiger partial charge in [-0.1, -0.05) is 18.2 Å². The smallest absolute Gasteiger partial charge is 0.305 e. The van der Waals surface area contributed by atoms with Crippen LogP contribution in [-0.2, 0) is 14.3 Å². The lowest BCUT2D eigenvalue weighted by Crippen LogP contribution is -2.22. The van der Waals surface area contributed by atoms with E-state index >= 15 is 0 Å². The molecule has 0 aromatic heterocycles. The van der Waals surface area contributed by atoms with Crippen LogP contribution in [0.25, 0.3) is 0 Å². The molecule has 0 aromatic carbocycles. The maximum atomic E-state index is 11.1. The number of methoxy groups -OCH3 is 1. The summed E-state index contributed by atoms with van der Waals surface area (Å²) in [5.74, 6) is -0.410. The zero-order chi connectivity index (χ0) is 11.5. The lowest BCUT2D eigenvalue weighted by atomic mass is 10.3. The molecule has 0 atom stereocenters. The van der Waals surface area contributed by atoms with Crippen LogP contribution >= 0.6 is 0 Å². The van der Waals surface area contributed by atoms with E-state index in [1.807, 2.05) is 13.0 Å². The van der Waals surface area contributed by atoms with E-state index in [4.69, 9.17) is 0 Å². The number of ether oxygens (including phenoxy) is 1. The van der Waals surface area contributed by atoms with Crippen molar-refractivity contribution in [1.82, 2.24) is 5.32 Å². The van der Waals surface area contributed by atoms with E-state index in [1.54, 1.807) is 12.2 Å². The summed E-state index contributed by atoms with van der Waals surface area (Å²) in [7, 11) is 1.35. The lowest BCUT2D eigenvalue weighted by Gasteiger charge is -2.00. The van der Waals surface area contributed by atoms with E-state index in [0.29, 0.717) is 19.4 Å². The molecule has 0 rings (SSSR count). The molecular weight excluding hydrogens is 194 g/mol. The van der Waals surface area contributed by atoms with Gasteiger partial charge in [0.2, 0.25) is 5.91 Å². The minimum absolute atomic E-state index is 0.155. The number of amides is 1. The van der Waals surface area contributed by atoms with Crippen LogP contribution in [0.2, 0.25) is 0 Å². The standard InChI is InChI=1S/C11H17NO3/c1-3-4-5-7-10(13)12-9-6-8-11(14)15-2/h3-5,7H,6,8-9H2,1-2H3,(H,12,13)/b4-3+,7-5+. The quantitative estimate of drug-likeness (QED) is 0.311. The SMILES string of the molecule is C/C=C/C=C/C(=O)NCCCC(=O)OC. The highest BCUT2D eigenvalue weighted by Crippen LogP contribution is 1.89. The molecule has 1 amide bonds. The molecule has 1 N–H and O–H groups in total. The Morgan fingerprint density at radius 3 is 2.67 bits per heavy atom. The summed E-state index contributed by atoms with van der Waals surface area (Å²) >= 11 is 0. The fraction of sp³-hybridized carbons (Fsp3) is 0.455. The predicted molar refractivity (Wildman–Crippen MR) is 58.2 cm³/mol. The van der Waals surface area contributed by atoms with Crippen molar-refractivity contribution in [3.8, 4) is 0 Å². The van der Waals surface area contributed by atoms with Gasteiger partial charge >= 0.3 is 5.97 Å². The number of allylic oxidation sites excluding steroid dienone is 3. The van der Waals surface area contributed by atoms with Crippen LogP contribution in [0.5, 0.6) is 0 Å². The maximum absolute atomic E-state index is 11.1. The van der Waals surface area contributed by atoms with Crippen LogP contribution in [0, 0.1) is 0 Å². The molecule has 15 heavy (non-hydrogen) atoms. The Labute approximate surface area is 90.0 Å². The van der Waals surface area contributed by atoms with Crippen LogP contribution in [0.1, 0.15) is 19.8 Å². The second kappa shape index (κ2) is 8.99. The highest BCUT2D eigenvalue weighted by molar-refractivity contribution is 5.87. The van der Waals surface area contributed by atoms with E-state index in [9.17, 15) is 9.59 Å². The van der Waals surface area contributed by atoms with Gasteiger partial charge in [-0.3, -0.25) is 9.59 Å². The van der Waals surface area contributed by atoms with Crippen molar-refractivity contribution in [3.05, 3.63) is 24.3 Å². The number of carbonyl (C=O) groups excluding carboxylic acids is 2. The fourth-order valence-corrected chi connectivity index (χ4v) is 0.859. The van der Waals surface area contributed by atoms with Crippen molar-refractivity contribution in [3.63, 3.8) is 0 Å². The molecular formula is C11H17NO3. The Balaban J connectivity index is 3.51. The average Bonchev–Trinajstić information content (AvgIpc) is 2.24. The van der Waals surface area contributed by atoms with Crippen LogP contribution < -0.4 is 5.32 Å². The molecule has 0 aliphatic rings. The van der Waals surface area contributed by atoms with Gasteiger partial charge in [0.1, 0.15) is 0 Å². The molecule has 0 saturated carbocycles. The summed E-state index contributed by atoms with van der Waals surface area (Å²) in [6.07, 6.45) is 7.63. The first-order valence-electron chi connectivity index (χ1n) is 4.84. The first-order valence-corrected chi connectivity index (χ1v) is 4.84. The highest BCUT2D eigenvalue weighted by atomic mass is 16.5. The second-order valence-electron chi connectivity index (χ2n) is 2.86. The van der Waals surface area contributed by atoms with Gasteiger partial charge in [0, 0.05) is 19.0 Å². The van der Waals surface area contributed by atoms with Crippen molar-refractivity contribution in [2.75, 3.05) is 13.7 Å². The van der Waals surface area contributed by atoms with Crippen LogP contribution in [0.4, 0.5) is 0 Å². The van der Waals surface area contributed by atoms with Gasteiger partial charge in [0.15, 0.2) is 0 Å². The lowest BCUT2D eigenvalue weighted by molar-refractivity contribution is -0.140. The molecule has 0 aromatic rings. The summed E-state index contributed by atoms with van der Waals surface area (Å²) in [5, 5.41) is 2.65. The zero-order valence-corrected chi connectivity index (χ0v) is 9.16. The molecule has 4 heteroatoms. The molecule has 0 aliphatic carbocycles. The van der Waals surface area contributed by atoms with Crippen molar-refractivity contribution in [1.29, 1.82) is 0 Å². The van der Waals surface area contributed by atoms with E-state index in [2.05, 4.69) is 10.1 Å². The Kier molecular flexibility index (Phi) is 8.05. The molecule has 0 aliphatic heterocycles. The van der Waals surface area contributed by atoms with E-state index < -0.39 is 0 Å². The molecule has 0 unspecified atom stereocenters. The number of hydrogen-bond donors (Lipinski definition) is 1. The van der Waals surface area contributed by atoms with Crippen LogP contribution in [-0.4, -0.2) is 25.5 Å². The van der Waals surface area contributed by atoms with Gasteiger partial charge in [-0.25, -0.2) is 0 Å². The minimum atomic E-state index is -0.256. The predicted octanol–water partition coefficient (Wildman–Crippen LogP) is 1.19. The zero-order valence-electron chi connectivity index (χ0n) is 9.16. The summed E-state index contributed by atoms with van der Waals surface area (Å²) in [6.45, 7) is 2.35. The fourth-order valence-electron chi connectivity index (χ4n) is 0.859. The Bertz CT molecular complexity index is 257.